The largest absolute Gasteiger partial charge is 0.485 e. The highest BCUT2D eigenvalue weighted by Crippen LogP contribution is 2.36. The molecule has 0 spiro atoms. The van der Waals surface area contributed by atoms with Gasteiger partial charge in [-0.2, -0.15) is 0 Å². The maximum absolute atomic E-state index is 9.10. The molecule has 4 heteroatoms. The summed E-state index contributed by atoms with van der Waals surface area (Å²) in [6.07, 6.45) is 0. The number of ether oxygens (including phenoxy) is 2. The quantitative estimate of drug-likeness (QED) is 0.776. The van der Waals surface area contributed by atoms with Crippen LogP contribution in [0.5, 0.6) is 11.5 Å². The average Bonchev–Trinajstić information content (AvgIpc) is 2.19. The number of rotatable bonds is 1. The molecule has 2 rings (SSSR count). The summed E-state index contributed by atoms with van der Waals surface area (Å²) in [5.74, 6) is 1.25. The van der Waals surface area contributed by atoms with Crippen LogP contribution in [0, 0.1) is 0 Å². The minimum Gasteiger partial charge on any atom is -0.485 e. The Kier molecular flexibility index (Phi) is 2.29. The van der Waals surface area contributed by atoms with Gasteiger partial charge in [-0.1, -0.05) is 11.6 Å². The van der Waals surface area contributed by atoms with Crippen molar-refractivity contribution in [3.8, 4) is 11.5 Å². The van der Waals surface area contributed by atoms with Crippen molar-refractivity contribution in [3.63, 3.8) is 0 Å². The van der Waals surface area contributed by atoms with Crippen LogP contribution in [0.15, 0.2) is 18.2 Å². The molecule has 0 saturated carbocycles. The van der Waals surface area contributed by atoms with E-state index >= 15 is 0 Å². The first-order valence-electron chi connectivity index (χ1n) is 4.35. The van der Waals surface area contributed by atoms with Crippen molar-refractivity contribution >= 4 is 11.6 Å². The number of fused-ring (bicyclic) bond motifs is 1. The van der Waals surface area contributed by atoms with Crippen molar-refractivity contribution in [3.05, 3.63) is 23.2 Å². The predicted molar refractivity (Wildman–Crippen MR) is 53.1 cm³/mol. The van der Waals surface area contributed by atoms with Gasteiger partial charge in [0.25, 0.3) is 0 Å². The van der Waals surface area contributed by atoms with E-state index in [0.717, 1.165) is 0 Å². The van der Waals surface area contributed by atoms with Gasteiger partial charge >= 0.3 is 0 Å². The van der Waals surface area contributed by atoms with Gasteiger partial charge in [0.1, 0.15) is 6.61 Å². The smallest absolute Gasteiger partial charge is 0.163 e. The summed E-state index contributed by atoms with van der Waals surface area (Å²) in [5, 5.41) is 9.71. The second kappa shape index (κ2) is 3.33. The summed E-state index contributed by atoms with van der Waals surface area (Å²) in [4.78, 5) is 0. The minimum atomic E-state index is -0.652. The molecule has 1 aromatic rings. The first kappa shape index (κ1) is 9.62. The molecule has 0 aliphatic carbocycles. The standard InChI is InChI=1S/C10H11ClO3/c1-10(5-12)6-13-9-4-7(11)2-3-8(9)14-10/h2-4,12H,5-6H2,1H3. The Bertz CT molecular complexity index is 353. The molecule has 1 atom stereocenters. The average molecular weight is 215 g/mol. The lowest BCUT2D eigenvalue weighted by Crippen LogP contribution is -2.45. The molecule has 0 aromatic heterocycles. The van der Waals surface area contributed by atoms with E-state index in [1.807, 2.05) is 0 Å². The summed E-state index contributed by atoms with van der Waals surface area (Å²) in [6, 6.07) is 5.17. The highest BCUT2D eigenvalue weighted by atomic mass is 35.5. The third kappa shape index (κ3) is 1.65. The fourth-order valence-electron chi connectivity index (χ4n) is 1.28. The Hall–Kier alpha value is -0.930. The van der Waals surface area contributed by atoms with Crippen molar-refractivity contribution in [2.75, 3.05) is 13.2 Å². The molecule has 0 bridgehead atoms. The van der Waals surface area contributed by atoms with Gasteiger partial charge in [-0.3, -0.25) is 0 Å². The Balaban J connectivity index is 2.31. The third-order valence-electron chi connectivity index (χ3n) is 2.13. The second-order valence-electron chi connectivity index (χ2n) is 3.59. The van der Waals surface area contributed by atoms with Crippen molar-refractivity contribution < 1.29 is 14.6 Å². The van der Waals surface area contributed by atoms with E-state index in [2.05, 4.69) is 0 Å². The van der Waals surface area contributed by atoms with Crippen molar-refractivity contribution in [1.29, 1.82) is 0 Å². The van der Waals surface area contributed by atoms with E-state index in [4.69, 9.17) is 26.2 Å². The van der Waals surface area contributed by atoms with Gasteiger partial charge in [0.05, 0.1) is 6.61 Å². The molecular formula is C10H11ClO3. The topological polar surface area (TPSA) is 38.7 Å². The molecule has 14 heavy (non-hydrogen) atoms. The summed E-state index contributed by atoms with van der Waals surface area (Å²) < 4.78 is 11.0. The number of aliphatic hydroxyl groups excluding tert-OH is 1. The highest BCUT2D eigenvalue weighted by molar-refractivity contribution is 6.30. The van der Waals surface area contributed by atoms with Crippen LogP contribution in [0.25, 0.3) is 0 Å². The van der Waals surface area contributed by atoms with Crippen molar-refractivity contribution in [1.82, 2.24) is 0 Å². The van der Waals surface area contributed by atoms with Gasteiger partial charge in [0.15, 0.2) is 17.1 Å². The van der Waals surface area contributed by atoms with Crippen LogP contribution in [0.3, 0.4) is 0 Å². The van der Waals surface area contributed by atoms with Crippen LogP contribution in [-0.4, -0.2) is 23.9 Å². The number of hydrogen-bond acceptors (Lipinski definition) is 3. The molecule has 0 fully saturated rings. The van der Waals surface area contributed by atoms with Crippen LogP contribution in [0.1, 0.15) is 6.92 Å². The minimum absolute atomic E-state index is 0.0743. The predicted octanol–water partition coefficient (Wildman–Crippen LogP) is 1.86. The third-order valence-corrected chi connectivity index (χ3v) is 2.36. The van der Waals surface area contributed by atoms with E-state index in [1.165, 1.54) is 0 Å². The van der Waals surface area contributed by atoms with E-state index in [0.29, 0.717) is 23.1 Å². The fourth-order valence-corrected chi connectivity index (χ4v) is 1.44. The maximum atomic E-state index is 9.10. The zero-order valence-electron chi connectivity index (χ0n) is 7.79. The Morgan fingerprint density at radius 2 is 2.29 bits per heavy atom. The summed E-state index contributed by atoms with van der Waals surface area (Å²) in [6.45, 7) is 2.05. The lowest BCUT2D eigenvalue weighted by atomic mass is 10.1. The number of hydrogen-bond donors (Lipinski definition) is 1. The summed E-state index contributed by atoms with van der Waals surface area (Å²) in [5.41, 5.74) is -0.652. The monoisotopic (exact) mass is 214 g/mol. The molecular weight excluding hydrogens is 204 g/mol. The molecule has 0 radical (unpaired) electrons. The van der Waals surface area contributed by atoms with Crippen LogP contribution in [0.2, 0.25) is 5.02 Å². The normalized spacial score (nSPS) is 24.8. The van der Waals surface area contributed by atoms with Crippen molar-refractivity contribution in [2.45, 2.75) is 12.5 Å². The van der Waals surface area contributed by atoms with Crippen LogP contribution in [-0.2, 0) is 0 Å². The molecule has 0 amide bonds. The van der Waals surface area contributed by atoms with Gasteiger partial charge in [0.2, 0.25) is 0 Å². The van der Waals surface area contributed by atoms with E-state index in [9.17, 15) is 0 Å². The molecule has 0 saturated heterocycles. The lowest BCUT2D eigenvalue weighted by Gasteiger charge is -2.33. The molecule has 76 valence electrons. The SMILES string of the molecule is CC1(CO)COc2cc(Cl)ccc2O1. The van der Waals surface area contributed by atoms with Crippen LogP contribution >= 0.6 is 11.6 Å². The maximum Gasteiger partial charge on any atom is 0.163 e. The summed E-state index contributed by atoms with van der Waals surface area (Å²) in [7, 11) is 0. The molecule has 3 nitrogen and oxygen atoms in total. The van der Waals surface area contributed by atoms with Gasteiger partial charge in [0, 0.05) is 11.1 Å². The van der Waals surface area contributed by atoms with E-state index in [-0.39, 0.29) is 6.61 Å². The van der Waals surface area contributed by atoms with Crippen LogP contribution < -0.4 is 9.47 Å². The molecule has 1 unspecified atom stereocenters. The number of halogens is 1. The molecule has 1 aromatic carbocycles. The van der Waals surface area contributed by atoms with Crippen molar-refractivity contribution in [2.24, 2.45) is 0 Å². The zero-order chi connectivity index (χ0) is 10.2. The highest BCUT2D eigenvalue weighted by Gasteiger charge is 2.32. The molecule has 1 N–H and O–H groups in total. The van der Waals surface area contributed by atoms with E-state index in [1.54, 1.807) is 25.1 Å². The Morgan fingerprint density at radius 3 is 3.00 bits per heavy atom. The molecule has 1 heterocycles. The Morgan fingerprint density at radius 1 is 1.50 bits per heavy atom. The van der Waals surface area contributed by atoms with Gasteiger partial charge in [-0.05, 0) is 19.1 Å². The first-order valence-corrected chi connectivity index (χ1v) is 4.73. The zero-order valence-corrected chi connectivity index (χ0v) is 8.54. The van der Waals surface area contributed by atoms with Gasteiger partial charge in [-0.25, -0.2) is 0 Å². The van der Waals surface area contributed by atoms with Crippen LogP contribution in [0.4, 0.5) is 0 Å². The first-order chi connectivity index (χ1) is 6.63. The van der Waals surface area contributed by atoms with Gasteiger partial charge in [-0.15, -0.1) is 0 Å². The van der Waals surface area contributed by atoms with E-state index < -0.39 is 5.60 Å². The Labute approximate surface area is 87.2 Å². The fraction of sp³-hybridized carbons (Fsp3) is 0.400. The summed E-state index contributed by atoms with van der Waals surface area (Å²) >= 11 is 5.80. The number of benzene rings is 1. The number of aliphatic hydroxyl groups is 1. The van der Waals surface area contributed by atoms with Gasteiger partial charge < -0.3 is 14.6 Å². The molecule has 1 aliphatic heterocycles. The molecule has 1 aliphatic rings. The second-order valence-corrected chi connectivity index (χ2v) is 4.03. The lowest BCUT2D eigenvalue weighted by molar-refractivity contribution is -0.0336.